The fraction of sp³-hybridized carbons (Fsp3) is 0.250. The molecule has 0 bridgehead atoms. The molecule has 33 heavy (non-hydrogen) atoms. The Morgan fingerprint density at radius 3 is 2.42 bits per heavy atom. The van der Waals surface area contributed by atoms with Crippen LogP contribution in [0.25, 0.3) is 22.2 Å². The van der Waals surface area contributed by atoms with Gasteiger partial charge in [-0.1, -0.05) is 30.3 Å². The predicted molar refractivity (Wildman–Crippen MR) is 130 cm³/mol. The van der Waals surface area contributed by atoms with E-state index in [1.807, 2.05) is 42.5 Å². The van der Waals surface area contributed by atoms with Gasteiger partial charge in [-0.3, -0.25) is 9.36 Å². The second-order valence-electron chi connectivity index (χ2n) is 8.08. The van der Waals surface area contributed by atoms with Crippen LogP contribution >= 0.6 is 0 Å². The van der Waals surface area contributed by atoms with E-state index in [2.05, 4.69) is 9.71 Å². The maximum Gasteiger partial charge on any atom is 0.326 e. The average molecular weight is 467 g/mol. The van der Waals surface area contributed by atoms with E-state index >= 15 is 0 Å². The van der Waals surface area contributed by atoms with Gasteiger partial charge in [-0.2, -0.15) is 0 Å². The largest absolute Gasteiger partial charge is 0.326 e. The number of aryl methyl sites for hydroxylation is 2. The van der Waals surface area contributed by atoms with Gasteiger partial charge in [0, 0.05) is 25.4 Å². The number of hydrogen-bond donors (Lipinski definition) is 2. The molecule has 0 unspecified atom stereocenters. The van der Waals surface area contributed by atoms with Gasteiger partial charge in [0.2, 0.25) is 10.0 Å². The van der Waals surface area contributed by atoms with Gasteiger partial charge in [0.25, 0.3) is 5.56 Å². The van der Waals surface area contributed by atoms with Crippen LogP contribution in [0.15, 0.2) is 64.3 Å². The summed E-state index contributed by atoms with van der Waals surface area (Å²) in [5, 5.41) is 0. The molecule has 0 amide bonds. The van der Waals surface area contributed by atoms with Crippen LogP contribution in [-0.4, -0.2) is 28.3 Å². The summed E-state index contributed by atoms with van der Waals surface area (Å²) in [6, 6.07) is 15.2. The SMILES string of the molecule is CCS(=O)(=O)NCc1cc(-c2cc(C)c(=O)n(C)c2)cc2c1[nH]c(=O)n2Cc1ccccc1. The van der Waals surface area contributed by atoms with Gasteiger partial charge in [-0.15, -0.1) is 0 Å². The first-order valence-corrected chi connectivity index (χ1v) is 12.3. The number of aromatic nitrogens is 3. The molecule has 9 heteroatoms. The predicted octanol–water partition coefficient (Wildman–Crippen LogP) is 2.49. The quantitative estimate of drug-likeness (QED) is 0.436. The molecule has 0 aliphatic carbocycles. The van der Waals surface area contributed by atoms with Crippen molar-refractivity contribution in [1.29, 1.82) is 0 Å². The summed E-state index contributed by atoms with van der Waals surface area (Å²) < 4.78 is 29.9. The Kier molecular flexibility index (Phi) is 6.09. The van der Waals surface area contributed by atoms with E-state index in [4.69, 9.17) is 0 Å². The lowest BCUT2D eigenvalue weighted by molar-refractivity contribution is 0.583. The van der Waals surface area contributed by atoms with Gasteiger partial charge in [-0.25, -0.2) is 17.9 Å². The molecule has 0 fully saturated rings. The second-order valence-corrected chi connectivity index (χ2v) is 10.2. The molecule has 172 valence electrons. The normalized spacial score (nSPS) is 11.8. The Hall–Kier alpha value is -3.43. The third-order valence-electron chi connectivity index (χ3n) is 5.71. The van der Waals surface area contributed by atoms with E-state index < -0.39 is 10.0 Å². The number of imidazole rings is 1. The highest BCUT2D eigenvalue weighted by Gasteiger charge is 2.16. The molecule has 0 spiro atoms. The molecule has 4 rings (SSSR count). The third kappa shape index (κ3) is 4.69. The Labute approximate surface area is 191 Å². The Bertz CT molecular complexity index is 1520. The van der Waals surface area contributed by atoms with Crippen molar-refractivity contribution in [1.82, 2.24) is 18.8 Å². The molecule has 2 aromatic heterocycles. The summed E-state index contributed by atoms with van der Waals surface area (Å²) in [7, 11) is -1.74. The van der Waals surface area contributed by atoms with E-state index in [1.165, 1.54) is 4.57 Å². The van der Waals surface area contributed by atoms with Crippen LogP contribution in [0.1, 0.15) is 23.6 Å². The number of hydrogen-bond acceptors (Lipinski definition) is 4. The van der Waals surface area contributed by atoms with Crippen LogP contribution in [0.5, 0.6) is 0 Å². The van der Waals surface area contributed by atoms with E-state index in [9.17, 15) is 18.0 Å². The monoisotopic (exact) mass is 466 g/mol. The van der Waals surface area contributed by atoms with Gasteiger partial charge in [-0.05, 0) is 54.3 Å². The molecule has 2 aromatic carbocycles. The molecule has 0 aliphatic rings. The molecule has 2 N–H and O–H groups in total. The molecule has 0 saturated carbocycles. The lowest BCUT2D eigenvalue weighted by atomic mass is 10.0. The van der Waals surface area contributed by atoms with E-state index in [-0.39, 0.29) is 23.5 Å². The van der Waals surface area contributed by atoms with Crippen molar-refractivity contribution in [3.8, 4) is 11.1 Å². The maximum absolute atomic E-state index is 12.9. The van der Waals surface area contributed by atoms with Gasteiger partial charge >= 0.3 is 5.69 Å². The number of nitrogens with one attached hydrogen (secondary N) is 2. The summed E-state index contributed by atoms with van der Waals surface area (Å²) in [6.07, 6.45) is 1.74. The van der Waals surface area contributed by atoms with Crippen LogP contribution in [0, 0.1) is 6.92 Å². The zero-order chi connectivity index (χ0) is 23.8. The summed E-state index contributed by atoms with van der Waals surface area (Å²) >= 11 is 0. The minimum Gasteiger partial charge on any atom is -0.318 e. The highest BCUT2D eigenvalue weighted by Crippen LogP contribution is 2.27. The van der Waals surface area contributed by atoms with Crippen LogP contribution in [0.4, 0.5) is 0 Å². The molecule has 0 aliphatic heterocycles. The Morgan fingerprint density at radius 1 is 1.03 bits per heavy atom. The van der Waals surface area contributed by atoms with Crippen molar-refractivity contribution >= 4 is 21.1 Å². The zero-order valence-corrected chi connectivity index (χ0v) is 19.6. The van der Waals surface area contributed by atoms with Gasteiger partial charge in [0.05, 0.1) is 23.3 Å². The number of nitrogens with zero attached hydrogens (tertiary/aromatic N) is 2. The summed E-state index contributed by atoms with van der Waals surface area (Å²) in [6.45, 7) is 3.73. The van der Waals surface area contributed by atoms with Crippen molar-refractivity contribution in [3.63, 3.8) is 0 Å². The van der Waals surface area contributed by atoms with Gasteiger partial charge in [0.15, 0.2) is 0 Å². The second kappa shape index (κ2) is 8.84. The molecular weight excluding hydrogens is 440 g/mol. The van der Waals surface area contributed by atoms with Gasteiger partial charge in [0.1, 0.15) is 0 Å². The Balaban J connectivity index is 1.92. The van der Waals surface area contributed by atoms with Crippen LogP contribution in [0.2, 0.25) is 0 Å². The van der Waals surface area contributed by atoms with Crippen molar-refractivity contribution in [2.45, 2.75) is 26.9 Å². The lowest BCUT2D eigenvalue weighted by Crippen LogP contribution is -2.24. The van der Waals surface area contributed by atoms with Crippen molar-refractivity contribution < 1.29 is 8.42 Å². The van der Waals surface area contributed by atoms with Crippen molar-refractivity contribution in [2.75, 3.05) is 5.75 Å². The smallest absolute Gasteiger partial charge is 0.318 e. The topological polar surface area (TPSA) is 106 Å². The molecule has 4 aromatic rings. The van der Waals surface area contributed by atoms with Crippen LogP contribution < -0.4 is 16.0 Å². The first-order chi connectivity index (χ1) is 15.7. The fourth-order valence-electron chi connectivity index (χ4n) is 3.88. The van der Waals surface area contributed by atoms with E-state index in [1.54, 1.807) is 37.7 Å². The van der Waals surface area contributed by atoms with E-state index in [0.29, 0.717) is 28.7 Å². The average Bonchev–Trinajstić information content (AvgIpc) is 3.11. The first-order valence-electron chi connectivity index (χ1n) is 10.6. The molecule has 0 radical (unpaired) electrons. The number of rotatable bonds is 7. The van der Waals surface area contributed by atoms with Crippen molar-refractivity contribution in [3.05, 3.63) is 92.3 Å². The zero-order valence-electron chi connectivity index (χ0n) is 18.8. The van der Waals surface area contributed by atoms with Gasteiger partial charge < -0.3 is 9.55 Å². The molecular formula is C24H26N4O4S. The molecule has 8 nitrogen and oxygen atoms in total. The fourth-order valence-corrected chi connectivity index (χ4v) is 4.46. The highest BCUT2D eigenvalue weighted by atomic mass is 32.2. The summed E-state index contributed by atoms with van der Waals surface area (Å²) in [5.41, 5.74) is 4.69. The van der Waals surface area contributed by atoms with Crippen LogP contribution in [0.3, 0.4) is 0 Å². The molecule has 0 atom stereocenters. The molecule has 2 heterocycles. The lowest BCUT2D eigenvalue weighted by Gasteiger charge is -2.12. The van der Waals surface area contributed by atoms with E-state index in [0.717, 1.165) is 16.7 Å². The minimum atomic E-state index is -3.43. The number of fused-ring (bicyclic) bond motifs is 1. The summed E-state index contributed by atoms with van der Waals surface area (Å²) in [4.78, 5) is 27.9. The minimum absolute atomic E-state index is 0.0382. The summed E-state index contributed by atoms with van der Waals surface area (Å²) in [5.74, 6) is -0.0403. The highest BCUT2D eigenvalue weighted by molar-refractivity contribution is 7.89. The number of H-pyrrole nitrogens is 1. The standard InChI is InChI=1S/C24H26N4O4S/c1-4-33(31,32)25-13-19-11-18(20-10-16(2)23(29)27(3)15-20)12-21-22(19)26-24(30)28(21)14-17-8-6-5-7-9-17/h5-12,15,25H,4,13-14H2,1-3H3,(H,26,30). The molecule has 0 saturated heterocycles. The number of aromatic amines is 1. The number of pyridine rings is 1. The Morgan fingerprint density at radius 2 is 1.76 bits per heavy atom. The van der Waals surface area contributed by atoms with Crippen molar-refractivity contribution in [2.24, 2.45) is 7.05 Å². The van der Waals surface area contributed by atoms with Crippen LogP contribution in [-0.2, 0) is 30.2 Å². The third-order valence-corrected chi connectivity index (χ3v) is 7.05. The number of sulfonamides is 1. The first kappa shape index (κ1) is 22.8. The number of benzene rings is 2. The maximum atomic E-state index is 12.9.